The molecule has 90 valence electrons. The number of nitrogens with one attached hydrogen (secondary N) is 1. The Kier molecular flexibility index (Phi) is 3.38. The maximum Gasteiger partial charge on any atom is 0.207 e. The molecule has 1 aromatic heterocycles. The van der Waals surface area contributed by atoms with Crippen LogP contribution in [0.5, 0.6) is 0 Å². The lowest BCUT2D eigenvalue weighted by atomic mass is 10.2. The number of rotatable bonds is 3. The van der Waals surface area contributed by atoms with Crippen LogP contribution < -0.4 is 5.32 Å². The van der Waals surface area contributed by atoms with Gasteiger partial charge in [-0.1, -0.05) is 17.7 Å². The van der Waals surface area contributed by atoms with Gasteiger partial charge < -0.3 is 5.32 Å². The molecule has 0 saturated carbocycles. The van der Waals surface area contributed by atoms with E-state index in [1.165, 1.54) is 0 Å². The topological polar surface area (TPSA) is 29.9 Å². The third-order valence-corrected chi connectivity index (χ3v) is 2.72. The molecule has 4 heteroatoms. The van der Waals surface area contributed by atoms with Crippen LogP contribution in [0.2, 0.25) is 5.02 Å². The van der Waals surface area contributed by atoms with E-state index in [2.05, 4.69) is 24.1 Å². The van der Waals surface area contributed by atoms with E-state index >= 15 is 0 Å². The molecule has 0 spiro atoms. The average molecular weight is 250 g/mol. The molecule has 0 aliphatic heterocycles. The molecule has 0 fully saturated rings. The molecule has 0 saturated heterocycles. The van der Waals surface area contributed by atoms with Crippen molar-refractivity contribution in [3.8, 4) is 5.69 Å². The van der Waals surface area contributed by atoms with Crippen LogP contribution >= 0.6 is 11.6 Å². The molecular formula is C13H16ClN3. The maximum absolute atomic E-state index is 6.25. The van der Waals surface area contributed by atoms with Crippen molar-refractivity contribution in [2.75, 3.05) is 5.32 Å². The van der Waals surface area contributed by atoms with E-state index in [0.717, 1.165) is 22.2 Å². The number of hydrogen-bond donors (Lipinski definition) is 1. The molecule has 1 heterocycles. The molecule has 3 nitrogen and oxygen atoms in total. The molecule has 0 radical (unpaired) electrons. The summed E-state index contributed by atoms with van der Waals surface area (Å²) in [6, 6.07) is 6.33. The second kappa shape index (κ2) is 4.80. The Balaban J connectivity index is 2.42. The highest BCUT2D eigenvalue weighted by atomic mass is 35.5. The second-order valence-corrected chi connectivity index (χ2v) is 4.78. The Bertz CT molecular complexity index is 517. The fraction of sp³-hybridized carbons (Fsp3) is 0.308. The minimum absolute atomic E-state index is 0.334. The van der Waals surface area contributed by atoms with E-state index in [-0.39, 0.29) is 0 Å². The summed E-state index contributed by atoms with van der Waals surface area (Å²) >= 11 is 6.25. The van der Waals surface area contributed by atoms with Gasteiger partial charge in [-0.05, 0) is 38.5 Å². The van der Waals surface area contributed by atoms with Crippen molar-refractivity contribution < 1.29 is 0 Å². The van der Waals surface area contributed by atoms with E-state index < -0.39 is 0 Å². The number of benzene rings is 1. The van der Waals surface area contributed by atoms with Gasteiger partial charge >= 0.3 is 0 Å². The summed E-state index contributed by atoms with van der Waals surface area (Å²) in [6.07, 6.45) is 3.67. The molecule has 0 bridgehead atoms. The van der Waals surface area contributed by atoms with E-state index in [1.54, 1.807) is 6.20 Å². The minimum Gasteiger partial charge on any atom is -0.353 e. The van der Waals surface area contributed by atoms with Gasteiger partial charge in [0.2, 0.25) is 5.95 Å². The van der Waals surface area contributed by atoms with Gasteiger partial charge in [0.1, 0.15) is 0 Å². The number of imidazole rings is 1. The zero-order valence-corrected chi connectivity index (χ0v) is 11.0. The van der Waals surface area contributed by atoms with Gasteiger partial charge in [-0.2, -0.15) is 0 Å². The normalized spacial score (nSPS) is 10.9. The predicted molar refractivity (Wildman–Crippen MR) is 72.1 cm³/mol. The fourth-order valence-electron chi connectivity index (χ4n) is 1.67. The van der Waals surface area contributed by atoms with Gasteiger partial charge in [-0.25, -0.2) is 4.98 Å². The number of nitrogens with zero attached hydrogens (tertiary/aromatic N) is 2. The Labute approximate surface area is 106 Å². The van der Waals surface area contributed by atoms with E-state index in [0.29, 0.717) is 6.04 Å². The molecule has 0 amide bonds. The summed E-state index contributed by atoms with van der Waals surface area (Å²) in [5, 5.41) is 4.02. The van der Waals surface area contributed by atoms with Gasteiger partial charge in [0.15, 0.2) is 0 Å². The summed E-state index contributed by atoms with van der Waals surface area (Å²) < 4.78 is 1.96. The van der Waals surface area contributed by atoms with Crippen molar-refractivity contribution in [2.24, 2.45) is 0 Å². The van der Waals surface area contributed by atoms with Crippen LogP contribution in [0.4, 0.5) is 5.95 Å². The first-order valence-electron chi connectivity index (χ1n) is 5.64. The van der Waals surface area contributed by atoms with Crippen molar-refractivity contribution in [3.05, 3.63) is 41.2 Å². The fourth-order valence-corrected chi connectivity index (χ4v) is 2.00. The molecule has 17 heavy (non-hydrogen) atoms. The van der Waals surface area contributed by atoms with Crippen LogP contribution in [0.1, 0.15) is 19.4 Å². The van der Waals surface area contributed by atoms with Crippen LogP contribution in [0.15, 0.2) is 30.6 Å². The van der Waals surface area contributed by atoms with E-state index in [1.807, 2.05) is 35.9 Å². The van der Waals surface area contributed by atoms with Gasteiger partial charge in [0, 0.05) is 18.4 Å². The number of halogens is 1. The van der Waals surface area contributed by atoms with Gasteiger partial charge in [-0.3, -0.25) is 4.57 Å². The Morgan fingerprint density at radius 3 is 2.76 bits per heavy atom. The van der Waals surface area contributed by atoms with Crippen molar-refractivity contribution in [1.29, 1.82) is 0 Å². The molecule has 2 rings (SSSR count). The number of anilines is 1. The molecule has 1 aromatic carbocycles. The predicted octanol–water partition coefficient (Wildman–Crippen LogP) is 3.65. The van der Waals surface area contributed by atoms with Gasteiger partial charge in [0.25, 0.3) is 0 Å². The first-order valence-corrected chi connectivity index (χ1v) is 6.02. The Morgan fingerprint density at radius 2 is 2.12 bits per heavy atom. The summed E-state index contributed by atoms with van der Waals surface area (Å²) in [5.41, 5.74) is 2.09. The van der Waals surface area contributed by atoms with Crippen molar-refractivity contribution in [3.63, 3.8) is 0 Å². The zero-order chi connectivity index (χ0) is 12.4. The minimum atomic E-state index is 0.334. The highest BCUT2D eigenvalue weighted by Crippen LogP contribution is 2.24. The standard InChI is InChI=1S/C13H16ClN3/c1-9(2)16-13-15-6-7-17(13)12-5-4-10(3)8-11(12)14/h4-9H,1-3H3,(H,15,16). The van der Waals surface area contributed by atoms with Gasteiger partial charge in [0.05, 0.1) is 10.7 Å². The summed E-state index contributed by atoms with van der Waals surface area (Å²) in [7, 11) is 0. The van der Waals surface area contributed by atoms with E-state index in [9.17, 15) is 0 Å². The molecule has 0 unspecified atom stereocenters. The van der Waals surface area contributed by atoms with Crippen LogP contribution in [0.25, 0.3) is 5.69 Å². The van der Waals surface area contributed by atoms with Crippen LogP contribution in [-0.2, 0) is 0 Å². The van der Waals surface area contributed by atoms with Crippen LogP contribution in [0, 0.1) is 6.92 Å². The van der Waals surface area contributed by atoms with Gasteiger partial charge in [-0.15, -0.1) is 0 Å². The maximum atomic E-state index is 6.25. The lowest BCUT2D eigenvalue weighted by molar-refractivity contribution is 0.864. The lowest BCUT2D eigenvalue weighted by Crippen LogP contribution is -2.14. The largest absolute Gasteiger partial charge is 0.353 e. The molecule has 1 N–H and O–H groups in total. The highest BCUT2D eigenvalue weighted by Gasteiger charge is 2.08. The smallest absolute Gasteiger partial charge is 0.207 e. The SMILES string of the molecule is Cc1ccc(-n2ccnc2NC(C)C)c(Cl)c1. The third-order valence-electron chi connectivity index (χ3n) is 2.42. The molecule has 0 aliphatic carbocycles. The lowest BCUT2D eigenvalue weighted by Gasteiger charge is -2.13. The molecule has 2 aromatic rings. The first kappa shape index (κ1) is 12.0. The monoisotopic (exact) mass is 249 g/mol. The number of aromatic nitrogens is 2. The van der Waals surface area contributed by atoms with Crippen molar-refractivity contribution in [2.45, 2.75) is 26.8 Å². The molecular weight excluding hydrogens is 234 g/mol. The molecule has 0 atom stereocenters. The Morgan fingerprint density at radius 1 is 1.35 bits per heavy atom. The summed E-state index contributed by atoms with van der Waals surface area (Å²) in [6.45, 7) is 6.18. The summed E-state index contributed by atoms with van der Waals surface area (Å²) in [4.78, 5) is 4.29. The Hall–Kier alpha value is -1.48. The van der Waals surface area contributed by atoms with Crippen LogP contribution in [-0.4, -0.2) is 15.6 Å². The van der Waals surface area contributed by atoms with Crippen molar-refractivity contribution >= 4 is 17.5 Å². The first-order chi connectivity index (χ1) is 8.08. The number of aryl methyl sites for hydroxylation is 1. The van der Waals surface area contributed by atoms with E-state index in [4.69, 9.17) is 11.6 Å². The number of hydrogen-bond acceptors (Lipinski definition) is 2. The zero-order valence-electron chi connectivity index (χ0n) is 10.2. The van der Waals surface area contributed by atoms with Crippen LogP contribution in [0.3, 0.4) is 0 Å². The highest BCUT2D eigenvalue weighted by molar-refractivity contribution is 6.32. The third kappa shape index (κ3) is 2.61. The average Bonchev–Trinajstić information content (AvgIpc) is 2.65. The summed E-state index contributed by atoms with van der Waals surface area (Å²) in [5.74, 6) is 0.811. The quantitative estimate of drug-likeness (QED) is 0.900. The molecule has 0 aliphatic rings. The van der Waals surface area contributed by atoms with Crippen molar-refractivity contribution in [1.82, 2.24) is 9.55 Å². The second-order valence-electron chi connectivity index (χ2n) is 4.37.